The Morgan fingerprint density at radius 2 is 2.11 bits per heavy atom. The largest absolute Gasteiger partial charge is 0.498 e. The Balaban J connectivity index is 2.10. The van der Waals surface area contributed by atoms with Gasteiger partial charge in [0.15, 0.2) is 0 Å². The molecule has 148 valence electrons. The van der Waals surface area contributed by atoms with Gasteiger partial charge >= 0.3 is 11.9 Å². The van der Waals surface area contributed by atoms with Gasteiger partial charge in [-0.1, -0.05) is 20.4 Å². The van der Waals surface area contributed by atoms with Crippen LogP contribution in [-0.4, -0.2) is 47.8 Å². The third kappa shape index (κ3) is 3.19. The van der Waals surface area contributed by atoms with Crippen LogP contribution in [0.15, 0.2) is 35.6 Å². The number of hydrogen-bond donors (Lipinski definition) is 1. The Labute approximate surface area is 158 Å². The Morgan fingerprint density at radius 3 is 2.70 bits per heavy atom. The van der Waals surface area contributed by atoms with Gasteiger partial charge in [-0.15, -0.1) is 0 Å². The third-order valence-corrected chi connectivity index (χ3v) is 5.42. The first kappa shape index (κ1) is 19.6. The fourth-order valence-corrected chi connectivity index (χ4v) is 3.82. The van der Waals surface area contributed by atoms with E-state index < -0.39 is 41.5 Å². The highest BCUT2D eigenvalue weighted by molar-refractivity contribution is 5.91. The van der Waals surface area contributed by atoms with Crippen LogP contribution in [0.5, 0.6) is 0 Å². The maximum atomic E-state index is 12.3. The van der Waals surface area contributed by atoms with Gasteiger partial charge in [0, 0.05) is 18.1 Å². The number of carbonyl (C=O) groups excluding carboxylic acids is 2. The lowest BCUT2D eigenvalue weighted by atomic mass is 9.83. The van der Waals surface area contributed by atoms with Crippen LogP contribution >= 0.6 is 0 Å². The molecule has 3 aliphatic heterocycles. The second kappa shape index (κ2) is 6.49. The van der Waals surface area contributed by atoms with Gasteiger partial charge in [0.25, 0.3) is 0 Å². The number of aliphatic hydroxyl groups is 1. The predicted octanol–water partition coefficient (Wildman–Crippen LogP) is 2.01. The average Bonchev–Trinajstić information content (AvgIpc) is 3.00. The first-order valence-corrected chi connectivity index (χ1v) is 9.00. The van der Waals surface area contributed by atoms with Gasteiger partial charge in [-0.05, 0) is 25.5 Å². The summed E-state index contributed by atoms with van der Waals surface area (Å²) in [6, 6.07) is 0. The van der Waals surface area contributed by atoms with Crippen LogP contribution in [0.2, 0.25) is 0 Å². The minimum absolute atomic E-state index is 0.172. The second-order valence-electron chi connectivity index (χ2n) is 7.85. The van der Waals surface area contributed by atoms with Crippen molar-refractivity contribution in [3.63, 3.8) is 0 Å². The summed E-state index contributed by atoms with van der Waals surface area (Å²) in [4.78, 5) is 24.5. The number of fused-ring (bicyclic) bond motifs is 3. The maximum Gasteiger partial charge on any atom is 0.334 e. The molecule has 1 fully saturated rings. The van der Waals surface area contributed by atoms with Gasteiger partial charge in [-0.2, -0.15) is 0 Å². The zero-order chi connectivity index (χ0) is 20.1. The van der Waals surface area contributed by atoms with Crippen LogP contribution < -0.4 is 0 Å². The second-order valence-corrected chi connectivity index (χ2v) is 7.85. The molecule has 7 nitrogen and oxygen atoms in total. The molecule has 0 radical (unpaired) electrons. The van der Waals surface area contributed by atoms with Crippen molar-refractivity contribution in [3.8, 4) is 0 Å². The van der Waals surface area contributed by atoms with E-state index in [0.29, 0.717) is 11.3 Å². The molecule has 2 bridgehead atoms. The topological polar surface area (TPSA) is 91.3 Å². The summed E-state index contributed by atoms with van der Waals surface area (Å²) in [5.41, 5.74) is -0.363. The molecule has 3 aliphatic rings. The Kier molecular flexibility index (Phi) is 4.72. The van der Waals surface area contributed by atoms with E-state index in [2.05, 4.69) is 6.58 Å². The molecule has 1 N–H and O–H groups in total. The zero-order valence-electron chi connectivity index (χ0n) is 16.3. The van der Waals surface area contributed by atoms with E-state index in [1.807, 2.05) is 0 Å². The van der Waals surface area contributed by atoms with Crippen molar-refractivity contribution in [2.45, 2.75) is 57.7 Å². The predicted molar refractivity (Wildman–Crippen MR) is 95.1 cm³/mol. The molecule has 0 aromatic carbocycles. The SMILES string of the molecule is C=C1C(=O)O[C@@H]2/C=C(/C)[C@@]3(O)C=C(OC)[C@@](C)(C[C@@H](OC(=O)C(C)C)[C@@H]12)O3. The van der Waals surface area contributed by atoms with E-state index in [1.54, 1.807) is 33.8 Å². The number of ether oxygens (including phenoxy) is 4. The smallest absolute Gasteiger partial charge is 0.334 e. The van der Waals surface area contributed by atoms with Crippen molar-refractivity contribution >= 4 is 11.9 Å². The van der Waals surface area contributed by atoms with Crippen molar-refractivity contribution in [2.24, 2.45) is 11.8 Å². The van der Waals surface area contributed by atoms with Gasteiger partial charge in [-0.25, -0.2) is 4.79 Å². The molecule has 0 amide bonds. The van der Waals surface area contributed by atoms with Gasteiger partial charge < -0.3 is 24.1 Å². The summed E-state index contributed by atoms with van der Waals surface area (Å²) in [6.45, 7) is 10.8. The summed E-state index contributed by atoms with van der Waals surface area (Å²) < 4.78 is 22.6. The van der Waals surface area contributed by atoms with Crippen molar-refractivity contribution in [3.05, 3.63) is 35.6 Å². The average molecular weight is 378 g/mol. The van der Waals surface area contributed by atoms with Crippen LogP contribution in [0.25, 0.3) is 0 Å². The molecule has 1 saturated heterocycles. The summed E-state index contributed by atoms with van der Waals surface area (Å²) in [6.07, 6.45) is 1.84. The number of hydrogen-bond acceptors (Lipinski definition) is 7. The van der Waals surface area contributed by atoms with Gasteiger partial charge in [0.2, 0.25) is 5.79 Å². The van der Waals surface area contributed by atoms with Gasteiger partial charge in [0.05, 0.1) is 18.9 Å². The fraction of sp³-hybridized carbons (Fsp3) is 0.600. The minimum Gasteiger partial charge on any atom is -0.498 e. The van der Waals surface area contributed by atoms with E-state index in [1.165, 1.54) is 13.2 Å². The molecule has 0 aromatic heterocycles. The highest BCUT2D eigenvalue weighted by Gasteiger charge is 2.55. The van der Waals surface area contributed by atoms with E-state index in [4.69, 9.17) is 18.9 Å². The lowest BCUT2D eigenvalue weighted by Crippen LogP contribution is -2.42. The Bertz CT molecular complexity index is 749. The van der Waals surface area contributed by atoms with Crippen molar-refractivity contribution in [1.29, 1.82) is 0 Å². The monoisotopic (exact) mass is 378 g/mol. The molecule has 3 heterocycles. The Hall–Kier alpha value is -2.12. The lowest BCUT2D eigenvalue weighted by molar-refractivity contribution is -0.197. The van der Waals surface area contributed by atoms with Crippen LogP contribution in [-0.2, 0) is 28.5 Å². The molecular formula is C20H26O7. The van der Waals surface area contributed by atoms with Crippen LogP contribution in [0.4, 0.5) is 0 Å². The molecule has 0 spiro atoms. The number of carbonyl (C=O) groups is 2. The number of methoxy groups -OCH3 is 1. The van der Waals surface area contributed by atoms with Gasteiger partial charge in [-0.3, -0.25) is 4.79 Å². The van der Waals surface area contributed by atoms with Crippen LogP contribution in [0, 0.1) is 11.8 Å². The van der Waals surface area contributed by atoms with Gasteiger partial charge in [0.1, 0.15) is 23.6 Å². The molecule has 7 heteroatoms. The number of rotatable bonds is 3. The highest BCUT2D eigenvalue weighted by atomic mass is 16.7. The van der Waals surface area contributed by atoms with E-state index in [9.17, 15) is 14.7 Å². The van der Waals surface area contributed by atoms with Crippen LogP contribution in [0.1, 0.15) is 34.1 Å². The van der Waals surface area contributed by atoms with Crippen molar-refractivity contribution in [2.75, 3.05) is 7.11 Å². The zero-order valence-corrected chi connectivity index (χ0v) is 16.3. The van der Waals surface area contributed by atoms with Crippen LogP contribution in [0.3, 0.4) is 0 Å². The van der Waals surface area contributed by atoms with E-state index in [-0.39, 0.29) is 17.9 Å². The van der Waals surface area contributed by atoms with Crippen molar-refractivity contribution in [1.82, 2.24) is 0 Å². The minimum atomic E-state index is -1.70. The Morgan fingerprint density at radius 1 is 1.44 bits per heavy atom. The summed E-state index contributed by atoms with van der Waals surface area (Å²) in [5, 5.41) is 11.0. The summed E-state index contributed by atoms with van der Waals surface area (Å²) in [5.74, 6) is -3.12. The van der Waals surface area contributed by atoms with E-state index >= 15 is 0 Å². The summed E-state index contributed by atoms with van der Waals surface area (Å²) >= 11 is 0. The quantitative estimate of drug-likeness (QED) is 0.456. The first-order valence-electron chi connectivity index (χ1n) is 9.00. The molecule has 5 atom stereocenters. The molecule has 0 unspecified atom stereocenters. The molecule has 0 aromatic rings. The standard InChI is InChI=1S/C20H26O7/c1-10(2)17(21)26-14-8-19(5)15(24-6)9-20(23,27-19)11(3)7-13-16(14)12(4)18(22)25-13/h7,9-10,13-14,16,23H,4,8H2,1-3,5-6H3/b11-7-/t13-,14-,16+,19-,20-/m1/s1. The van der Waals surface area contributed by atoms with E-state index in [0.717, 1.165) is 0 Å². The molecule has 0 saturated carbocycles. The molecule has 0 aliphatic carbocycles. The summed E-state index contributed by atoms with van der Waals surface area (Å²) in [7, 11) is 1.49. The van der Waals surface area contributed by atoms with Crippen molar-refractivity contribution < 1.29 is 33.6 Å². The molecular weight excluding hydrogens is 352 g/mol. The normalized spacial score (nSPS) is 40.2. The fourth-order valence-electron chi connectivity index (χ4n) is 3.82. The first-order chi connectivity index (χ1) is 12.5. The maximum absolute atomic E-state index is 12.3. The molecule has 27 heavy (non-hydrogen) atoms. The molecule has 3 rings (SSSR count). The lowest BCUT2D eigenvalue weighted by Gasteiger charge is -2.34. The number of esters is 2. The third-order valence-electron chi connectivity index (χ3n) is 5.42. The highest BCUT2D eigenvalue weighted by Crippen LogP contribution is 2.47.